The zero-order chi connectivity index (χ0) is 6.57. The van der Waals surface area contributed by atoms with E-state index in [1.165, 1.54) is 7.11 Å². The first-order valence-corrected chi connectivity index (χ1v) is 2.30. The van der Waals surface area contributed by atoms with E-state index in [0.717, 1.165) is 0 Å². The summed E-state index contributed by atoms with van der Waals surface area (Å²) in [6.45, 7) is 3.54. The highest BCUT2D eigenvalue weighted by atomic mass is 16.5. The first-order chi connectivity index (χ1) is 3.68. The van der Waals surface area contributed by atoms with Crippen molar-refractivity contribution in [2.45, 2.75) is 6.04 Å². The van der Waals surface area contributed by atoms with Crippen LogP contribution in [0, 0.1) is 0 Å². The van der Waals surface area contributed by atoms with Crippen molar-refractivity contribution >= 4 is 0 Å². The first kappa shape index (κ1) is 7.46. The number of ether oxygens (including phenoxy) is 1. The fourth-order valence-electron chi connectivity index (χ4n) is 0.276. The number of rotatable bonds is 3. The van der Waals surface area contributed by atoms with Crippen LogP contribution in [0.5, 0.6) is 0 Å². The van der Waals surface area contributed by atoms with E-state index in [2.05, 4.69) is 11.3 Å². The lowest BCUT2D eigenvalue weighted by Crippen LogP contribution is -2.27. The summed E-state index contributed by atoms with van der Waals surface area (Å²) < 4.78 is 4.62. The highest BCUT2D eigenvalue weighted by Crippen LogP contribution is 1.88. The van der Waals surface area contributed by atoms with Gasteiger partial charge >= 0.3 is 0 Å². The predicted octanol–water partition coefficient (Wildman–Crippen LogP) is 0.0318. The van der Waals surface area contributed by atoms with Gasteiger partial charge in [0.15, 0.2) is 0 Å². The molecule has 8 heavy (non-hydrogen) atoms. The molecular formula is C5H11NO2. The molecule has 0 amide bonds. The number of hydrogen-bond donors (Lipinski definition) is 2. The van der Waals surface area contributed by atoms with Crippen LogP contribution in [0.3, 0.4) is 0 Å². The molecule has 1 atom stereocenters. The van der Waals surface area contributed by atoms with Gasteiger partial charge in [0.05, 0.1) is 12.6 Å². The summed E-state index contributed by atoms with van der Waals surface area (Å²) in [7, 11) is 1.52. The van der Waals surface area contributed by atoms with Gasteiger partial charge in [0.25, 0.3) is 0 Å². The van der Waals surface area contributed by atoms with E-state index in [1.807, 2.05) is 0 Å². The van der Waals surface area contributed by atoms with E-state index in [1.54, 1.807) is 0 Å². The molecule has 0 aromatic rings. The summed E-state index contributed by atoms with van der Waals surface area (Å²) in [4.78, 5) is 0. The lowest BCUT2D eigenvalue weighted by atomic mass is 10.3. The number of aliphatic hydroxyl groups is 1. The Morgan fingerprint density at radius 2 is 2.50 bits per heavy atom. The van der Waals surface area contributed by atoms with Gasteiger partial charge in [-0.3, -0.25) is 0 Å². The van der Waals surface area contributed by atoms with Crippen LogP contribution in [0.4, 0.5) is 0 Å². The van der Waals surface area contributed by atoms with Gasteiger partial charge in [-0.1, -0.05) is 6.58 Å². The first-order valence-electron chi connectivity index (χ1n) is 2.30. The summed E-state index contributed by atoms with van der Waals surface area (Å²) in [5.74, 6) is -0.0353. The largest absolute Gasteiger partial charge is 0.511 e. The second-order valence-corrected chi connectivity index (χ2v) is 1.55. The van der Waals surface area contributed by atoms with E-state index in [0.29, 0.717) is 6.61 Å². The third-order valence-electron chi connectivity index (χ3n) is 0.774. The van der Waals surface area contributed by atoms with Gasteiger partial charge in [-0.2, -0.15) is 0 Å². The number of methoxy groups -OCH3 is 1. The molecule has 3 N–H and O–H groups in total. The van der Waals surface area contributed by atoms with Crippen molar-refractivity contribution in [3.8, 4) is 0 Å². The van der Waals surface area contributed by atoms with E-state index in [4.69, 9.17) is 10.8 Å². The summed E-state index contributed by atoms with van der Waals surface area (Å²) >= 11 is 0. The quantitative estimate of drug-likeness (QED) is 0.513. The third-order valence-corrected chi connectivity index (χ3v) is 0.774. The summed E-state index contributed by atoms with van der Waals surface area (Å²) in [6.07, 6.45) is 0. The van der Waals surface area contributed by atoms with Crippen LogP contribution in [-0.2, 0) is 4.74 Å². The Morgan fingerprint density at radius 1 is 2.00 bits per heavy atom. The van der Waals surface area contributed by atoms with Crippen molar-refractivity contribution in [3.63, 3.8) is 0 Å². The predicted molar refractivity (Wildman–Crippen MR) is 31.6 cm³/mol. The molecule has 1 unspecified atom stereocenters. The molecule has 3 heteroatoms. The fraction of sp³-hybridized carbons (Fsp3) is 0.600. The topological polar surface area (TPSA) is 55.5 Å². The minimum atomic E-state index is -0.444. The van der Waals surface area contributed by atoms with Crippen molar-refractivity contribution in [2.24, 2.45) is 5.73 Å². The van der Waals surface area contributed by atoms with Gasteiger partial charge in [0.2, 0.25) is 0 Å². The Morgan fingerprint density at radius 3 is 2.62 bits per heavy atom. The second kappa shape index (κ2) is 3.46. The number of aliphatic hydroxyl groups excluding tert-OH is 1. The monoisotopic (exact) mass is 117 g/mol. The van der Waals surface area contributed by atoms with E-state index >= 15 is 0 Å². The average molecular weight is 117 g/mol. The molecule has 0 aliphatic heterocycles. The maximum atomic E-state index is 8.55. The molecule has 48 valence electrons. The number of hydrogen-bond acceptors (Lipinski definition) is 3. The SMILES string of the molecule is C=C(O)C(N)COC. The Balaban J connectivity index is 3.32. The minimum Gasteiger partial charge on any atom is -0.511 e. The average Bonchev–Trinajstić information content (AvgIpc) is 1.67. The van der Waals surface area contributed by atoms with Crippen LogP contribution in [0.1, 0.15) is 0 Å². The maximum Gasteiger partial charge on any atom is 0.104 e. The van der Waals surface area contributed by atoms with Crippen molar-refractivity contribution < 1.29 is 9.84 Å². The minimum absolute atomic E-state index is 0.0353. The molecule has 0 radical (unpaired) electrons. The molecule has 0 spiro atoms. The summed E-state index contributed by atoms with van der Waals surface area (Å²) in [5, 5.41) is 8.55. The van der Waals surface area contributed by atoms with Gasteiger partial charge in [-0.25, -0.2) is 0 Å². The Hall–Kier alpha value is -0.540. The lowest BCUT2D eigenvalue weighted by Gasteiger charge is -2.06. The molecule has 0 saturated heterocycles. The molecule has 0 heterocycles. The molecule has 0 rings (SSSR count). The number of nitrogens with two attached hydrogens (primary N) is 1. The van der Waals surface area contributed by atoms with E-state index < -0.39 is 6.04 Å². The van der Waals surface area contributed by atoms with E-state index in [-0.39, 0.29) is 5.76 Å². The van der Waals surface area contributed by atoms with Crippen LogP contribution in [-0.4, -0.2) is 24.9 Å². The van der Waals surface area contributed by atoms with Crippen LogP contribution in [0.25, 0.3) is 0 Å². The molecule has 0 bridgehead atoms. The fourth-order valence-corrected chi connectivity index (χ4v) is 0.276. The third kappa shape index (κ3) is 2.60. The van der Waals surface area contributed by atoms with Crippen molar-refractivity contribution in [3.05, 3.63) is 12.3 Å². The summed E-state index contributed by atoms with van der Waals surface area (Å²) in [6, 6.07) is -0.444. The molecule has 0 fully saturated rings. The molecular weight excluding hydrogens is 106 g/mol. The van der Waals surface area contributed by atoms with E-state index in [9.17, 15) is 0 Å². The smallest absolute Gasteiger partial charge is 0.104 e. The second-order valence-electron chi connectivity index (χ2n) is 1.55. The van der Waals surface area contributed by atoms with Gasteiger partial charge in [0.1, 0.15) is 5.76 Å². The Labute approximate surface area is 48.8 Å². The van der Waals surface area contributed by atoms with Gasteiger partial charge in [0, 0.05) is 7.11 Å². The molecule has 0 aromatic carbocycles. The Bertz CT molecular complexity index is 82.5. The zero-order valence-corrected chi connectivity index (χ0v) is 4.92. The van der Waals surface area contributed by atoms with Crippen molar-refractivity contribution in [1.82, 2.24) is 0 Å². The summed E-state index contributed by atoms with van der Waals surface area (Å²) in [5.41, 5.74) is 5.25. The maximum absolute atomic E-state index is 8.55. The standard InChI is InChI=1S/C5H11NO2/c1-4(7)5(6)3-8-2/h5,7H,1,3,6H2,2H3. The van der Waals surface area contributed by atoms with Gasteiger partial charge in [-0.05, 0) is 0 Å². The molecule has 0 saturated carbocycles. The molecule has 0 aliphatic carbocycles. The normalized spacial score (nSPS) is 13.2. The molecule has 0 aliphatic rings. The highest BCUT2D eigenvalue weighted by molar-refractivity contribution is 4.91. The van der Waals surface area contributed by atoms with Crippen LogP contribution >= 0.6 is 0 Å². The highest BCUT2D eigenvalue weighted by Gasteiger charge is 2.01. The molecule has 3 nitrogen and oxygen atoms in total. The van der Waals surface area contributed by atoms with Crippen LogP contribution in [0.15, 0.2) is 12.3 Å². The van der Waals surface area contributed by atoms with Crippen LogP contribution < -0.4 is 5.73 Å². The van der Waals surface area contributed by atoms with Gasteiger partial charge in [-0.15, -0.1) is 0 Å². The molecule has 0 aromatic heterocycles. The van der Waals surface area contributed by atoms with Crippen molar-refractivity contribution in [2.75, 3.05) is 13.7 Å². The van der Waals surface area contributed by atoms with Gasteiger partial charge < -0.3 is 15.6 Å². The van der Waals surface area contributed by atoms with Crippen LogP contribution in [0.2, 0.25) is 0 Å². The van der Waals surface area contributed by atoms with Crippen molar-refractivity contribution in [1.29, 1.82) is 0 Å². The Kier molecular flexibility index (Phi) is 3.23. The zero-order valence-electron chi connectivity index (χ0n) is 4.92. The lowest BCUT2D eigenvalue weighted by molar-refractivity contribution is 0.173.